The molecule has 2 N–H and O–H groups in total. The second-order valence-electron chi connectivity index (χ2n) is 7.13. The molecule has 1 fully saturated rings. The lowest BCUT2D eigenvalue weighted by Gasteiger charge is -2.35. The number of aryl methyl sites for hydroxylation is 1. The van der Waals surface area contributed by atoms with Gasteiger partial charge in [-0.3, -0.25) is 9.80 Å². The highest BCUT2D eigenvalue weighted by Crippen LogP contribution is 2.44. The fraction of sp³-hybridized carbons (Fsp3) is 0.174. The van der Waals surface area contributed by atoms with E-state index in [0.29, 0.717) is 22.7 Å². The summed E-state index contributed by atoms with van der Waals surface area (Å²) in [4.78, 5) is 3.14. The highest BCUT2D eigenvalue weighted by molar-refractivity contribution is 9.10. The van der Waals surface area contributed by atoms with Gasteiger partial charge >= 0.3 is 0 Å². The van der Waals surface area contributed by atoms with E-state index < -0.39 is 12.0 Å². The normalized spacial score (nSPS) is 21.2. The number of aliphatic hydroxyl groups is 2. The van der Waals surface area contributed by atoms with Crippen molar-refractivity contribution in [1.82, 2.24) is 0 Å². The maximum absolute atomic E-state index is 11.9. The largest absolute Gasteiger partial charge is 0.497 e. The van der Waals surface area contributed by atoms with E-state index >= 15 is 0 Å². The Morgan fingerprint density at radius 3 is 2.07 bits per heavy atom. The summed E-state index contributed by atoms with van der Waals surface area (Å²) in [6, 6.07) is 22.0. The summed E-state index contributed by atoms with van der Waals surface area (Å²) >= 11 is 9.20. The molecular weight excluding hydrogens is 464 g/mol. The zero-order valence-electron chi connectivity index (χ0n) is 16.5. The van der Waals surface area contributed by atoms with Crippen LogP contribution in [0.1, 0.15) is 11.1 Å². The monoisotopic (exact) mass is 484 g/mol. The van der Waals surface area contributed by atoms with Crippen LogP contribution in [0.15, 0.2) is 77.3 Å². The maximum Gasteiger partial charge on any atom is 0.217 e. The van der Waals surface area contributed by atoms with Crippen LogP contribution in [0.4, 0.5) is 11.4 Å². The molecule has 0 aromatic heterocycles. The fourth-order valence-electron chi connectivity index (χ4n) is 3.62. The molecule has 0 bridgehead atoms. The van der Waals surface area contributed by atoms with Crippen LogP contribution in [0.2, 0.25) is 0 Å². The topological polar surface area (TPSA) is 56.2 Å². The Bertz CT molecular complexity index is 1060. The second kappa shape index (κ2) is 8.00. The van der Waals surface area contributed by atoms with Gasteiger partial charge in [-0.05, 0) is 67.7 Å². The summed E-state index contributed by atoms with van der Waals surface area (Å²) in [6.07, 6.45) is -1.33. The van der Waals surface area contributed by atoms with E-state index in [1.54, 1.807) is 41.2 Å². The van der Waals surface area contributed by atoms with Crippen molar-refractivity contribution in [1.29, 1.82) is 0 Å². The molecule has 0 spiro atoms. The average molecular weight is 485 g/mol. The molecule has 3 aromatic carbocycles. The Labute approximate surface area is 189 Å². The molecule has 0 amide bonds. The molecule has 2 atom stereocenters. The third kappa shape index (κ3) is 3.37. The molecule has 4 rings (SSSR count). The van der Waals surface area contributed by atoms with E-state index in [1.165, 1.54) is 0 Å². The van der Waals surface area contributed by atoms with Gasteiger partial charge in [0.05, 0.1) is 7.11 Å². The predicted octanol–water partition coefficient (Wildman–Crippen LogP) is 4.54. The summed E-state index contributed by atoms with van der Waals surface area (Å²) < 4.78 is 6.14. The van der Waals surface area contributed by atoms with Crippen molar-refractivity contribution in [3.63, 3.8) is 0 Å². The highest BCUT2D eigenvalue weighted by Gasteiger charge is 2.56. The lowest BCUT2D eigenvalue weighted by molar-refractivity contribution is -0.0546. The Morgan fingerprint density at radius 2 is 1.50 bits per heavy atom. The van der Waals surface area contributed by atoms with Crippen LogP contribution in [-0.4, -0.2) is 28.7 Å². The van der Waals surface area contributed by atoms with Crippen LogP contribution in [0.3, 0.4) is 0 Å². The van der Waals surface area contributed by atoms with Gasteiger partial charge < -0.3 is 14.9 Å². The fourth-order valence-corrected chi connectivity index (χ4v) is 4.34. The van der Waals surface area contributed by atoms with Crippen molar-refractivity contribution in [3.8, 4) is 5.75 Å². The number of nitrogens with zero attached hydrogens (tertiary/aromatic N) is 2. The van der Waals surface area contributed by atoms with Crippen LogP contribution in [0.25, 0.3) is 0 Å². The third-order valence-corrected chi connectivity index (χ3v) is 6.16. The molecule has 5 nitrogen and oxygen atoms in total. The minimum absolute atomic E-state index is 0.290. The summed E-state index contributed by atoms with van der Waals surface area (Å²) in [5.74, 6) is 0.692. The number of thiocarbonyl (C=S) groups is 1. The minimum Gasteiger partial charge on any atom is -0.497 e. The Hall–Kier alpha value is -2.45. The zero-order valence-corrected chi connectivity index (χ0v) is 18.9. The Kier molecular flexibility index (Phi) is 5.55. The van der Waals surface area contributed by atoms with Crippen LogP contribution < -0.4 is 14.5 Å². The van der Waals surface area contributed by atoms with E-state index in [0.717, 1.165) is 10.0 Å². The first-order chi connectivity index (χ1) is 14.4. The number of rotatable bonds is 4. The van der Waals surface area contributed by atoms with Crippen LogP contribution in [-0.2, 0) is 5.72 Å². The quantitative estimate of drug-likeness (QED) is 0.530. The molecule has 1 heterocycles. The van der Waals surface area contributed by atoms with Gasteiger partial charge in [-0.1, -0.05) is 45.8 Å². The molecule has 0 saturated carbocycles. The number of benzene rings is 3. The van der Waals surface area contributed by atoms with Crippen molar-refractivity contribution < 1.29 is 14.9 Å². The molecule has 30 heavy (non-hydrogen) atoms. The van der Waals surface area contributed by atoms with Gasteiger partial charge in [0, 0.05) is 21.4 Å². The van der Waals surface area contributed by atoms with E-state index in [1.807, 2.05) is 55.5 Å². The summed E-state index contributed by atoms with van der Waals surface area (Å²) in [6.45, 7) is 1.97. The molecule has 1 aliphatic rings. The average Bonchev–Trinajstić information content (AvgIpc) is 2.95. The van der Waals surface area contributed by atoms with Crippen molar-refractivity contribution in [2.24, 2.45) is 0 Å². The third-order valence-electron chi connectivity index (χ3n) is 5.25. The number of hydrogen-bond donors (Lipinski definition) is 2. The van der Waals surface area contributed by atoms with Gasteiger partial charge in [0.15, 0.2) is 11.3 Å². The van der Waals surface area contributed by atoms with E-state index in [4.69, 9.17) is 17.0 Å². The van der Waals surface area contributed by atoms with Crippen LogP contribution in [0, 0.1) is 6.92 Å². The molecular formula is C23H21BrN2O3S. The number of methoxy groups -OCH3 is 1. The highest BCUT2D eigenvalue weighted by atomic mass is 79.9. The lowest BCUT2D eigenvalue weighted by Crippen LogP contribution is -2.49. The van der Waals surface area contributed by atoms with E-state index in [-0.39, 0.29) is 5.11 Å². The minimum atomic E-state index is -1.78. The lowest BCUT2D eigenvalue weighted by atomic mass is 9.98. The number of hydrogen-bond acceptors (Lipinski definition) is 4. The summed E-state index contributed by atoms with van der Waals surface area (Å²) in [7, 11) is 1.59. The first kappa shape index (κ1) is 20.8. The molecule has 154 valence electrons. The Balaban J connectivity index is 1.86. The smallest absolute Gasteiger partial charge is 0.217 e. The van der Waals surface area contributed by atoms with Gasteiger partial charge in [0.1, 0.15) is 5.75 Å². The number of halogens is 1. The van der Waals surface area contributed by atoms with E-state index in [9.17, 15) is 10.2 Å². The molecule has 1 saturated heterocycles. The van der Waals surface area contributed by atoms with Gasteiger partial charge in [-0.15, -0.1) is 0 Å². The molecule has 0 aliphatic carbocycles. The van der Waals surface area contributed by atoms with E-state index in [2.05, 4.69) is 15.9 Å². The number of anilines is 2. The van der Waals surface area contributed by atoms with Gasteiger partial charge in [0.25, 0.3) is 0 Å². The summed E-state index contributed by atoms with van der Waals surface area (Å²) in [5, 5.41) is 23.6. The van der Waals surface area contributed by atoms with Crippen molar-refractivity contribution in [2.45, 2.75) is 18.9 Å². The van der Waals surface area contributed by atoms with Crippen molar-refractivity contribution in [3.05, 3.63) is 88.4 Å². The van der Waals surface area contributed by atoms with Crippen LogP contribution in [0.5, 0.6) is 5.75 Å². The standard InChI is InChI=1S/C23H21BrN2O3S/c1-15-3-5-16(6-4-15)23(28)21(27)25(18-11-13-20(29-2)14-12-18)22(30)26(23)19-9-7-17(24)8-10-19/h3-14,21,27-28H,1-2H3/t21-,23+/m0/s1. The Morgan fingerprint density at radius 1 is 0.933 bits per heavy atom. The van der Waals surface area contributed by atoms with Gasteiger partial charge in [-0.2, -0.15) is 0 Å². The molecule has 0 radical (unpaired) electrons. The van der Waals surface area contributed by atoms with Gasteiger partial charge in [-0.25, -0.2) is 0 Å². The molecule has 0 unspecified atom stereocenters. The summed E-state index contributed by atoms with van der Waals surface area (Å²) in [5.41, 5.74) is 1.14. The SMILES string of the molecule is COc1ccc(N2C(=S)N(c3ccc(Br)cc3)[C@@](O)(c3ccc(C)cc3)[C@@H]2O)cc1. The van der Waals surface area contributed by atoms with Crippen molar-refractivity contribution in [2.75, 3.05) is 16.9 Å². The van der Waals surface area contributed by atoms with Crippen LogP contribution >= 0.6 is 28.1 Å². The predicted molar refractivity (Wildman–Crippen MR) is 126 cm³/mol. The van der Waals surface area contributed by atoms with Gasteiger partial charge in [0.2, 0.25) is 5.72 Å². The van der Waals surface area contributed by atoms with Crippen molar-refractivity contribution >= 4 is 44.6 Å². The number of ether oxygens (including phenoxy) is 1. The molecule has 1 aliphatic heterocycles. The molecule has 7 heteroatoms. The molecule has 3 aromatic rings. The number of aliphatic hydroxyl groups excluding tert-OH is 1. The second-order valence-corrected chi connectivity index (χ2v) is 8.41. The zero-order chi connectivity index (χ0) is 21.5. The first-order valence-corrected chi connectivity index (χ1v) is 10.6. The maximum atomic E-state index is 11.9. The first-order valence-electron chi connectivity index (χ1n) is 9.37.